The quantitative estimate of drug-likeness (QED) is 0.800. The molecule has 0 aliphatic rings. The highest BCUT2D eigenvalue weighted by Gasteiger charge is 2.20. The minimum absolute atomic E-state index is 0.127. The fourth-order valence-corrected chi connectivity index (χ4v) is 1.31. The SMILES string of the molecule is CCOC(=O)C(F)Oc1ccc(Br)c(C)c1. The fraction of sp³-hybridized carbons (Fsp3) is 0.364. The molecule has 0 spiro atoms. The highest BCUT2D eigenvalue weighted by Crippen LogP contribution is 2.22. The maximum absolute atomic E-state index is 13.2. The predicted octanol–water partition coefficient (Wildman–Crippen LogP) is 3.00. The molecule has 0 aliphatic carbocycles. The third kappa shape index (κ3) is 3.48. The second-order valence-electron chi connectivity index (χ2n) is 3.10. The Kier molecular flexibility index (Phi) is 4.73. The number of benzene rings is 1. The summed E-state index contributed by atoms with van der Waals surface area (Å²) >= 11 is 3.31. The Morgan fingerprint density at radius 3 is 2.81 bits per heavy atom. The first-order valence-corrected chi connectivity index (χ1v) is 5.57. The summed E-state index contributed by atoms with van der Waals surface area (Å²) in [6.45, 7) is 3.57. The summed E-state index contributed by atoms with van der Waals surface area (Å²) in [7, 11) is 0. The lowest BCUT2D eigenvalue weighted by Crippen LogP contribution is -2.24. The molecule has 5 heteroatoms. The monoisotopic (exact) mass is 290 g/mol. The number of hydrogen-bond donors (Lipinski definition) is 0. The van der Waals surface area contributed by atoms with E-state index < -0.39 is 12.3 Å². The Bertz CT molecular complexity index is 381. The zero-order valence-corrected chi connectivity index (χ0v) is 10.6. The van der Waals surface area contributed by atoms with Gasteiger partial charge < -0.3 is 9.47 Å². The lowest BCUT2D eigenvalue weighted by Gasteiger charge is -2.11. The molecule has 0 saturated heterocycles. The van der Waals surface area contributed by atoms with Crippen molar-refractivity contribution in [1.82, 2.24) is 0 Å². The average Bonchev–Trinajstić information content (AvgIpc) is 2.24. The number of carbonyl (C=O) groups excluding carboxylic acids is 1. The summed E-state index contributed by atoms with van der Waals surface area (Å²) in [4.78, 5) is 11.0. The highest BCUT2D eigenvalue weighted by molar-refractivity contribution is 9.10. The molecule has 0 saturated carbocycles. The van der Waals surface area contributed by atoms with Gasteiger partial charge in [0.15, 0.2) is 0 Å². The number of aryl methyl sites for hydroxylation is 1. The first-order valence-electron chi connectivity index (χ1n) is 4.78. The number of rotatable bonds is 4. The molecule has 1 rings (SSSR count). The Balaban J connectivity index is 2.66. The standard InChI is InChI=1S/C11H12BrFO3/c1-3-15-11(14)10(13)16-8-4-5-9(12)7(2)6-8/h4-6,10H,3H2,1-2H3. The van der Waals surface area contributed by atoms with Crippen LogP contribution in [0.4, 0.5) is 4.39 Å². The highest BCUT2D eigenvalue weighted by atomic mass is 79.9. The number of halogens is 2. The Hall–Kier alpha value is -1.10. The molecule has 0 bridgehead atoms. The third-order valence-electron chi connectivity index (χ3n) is 1.84. The minimum atomic E-state index is -2.08. The van der Waals surface area contributed by atoms with Crippen molar-refractivity contribution in [1.29, 1.82) is 0 Å². The second kappa shape index (κ2) is 5.84. The largest absolute Gasteiger partial charge is 0.461 e. The molecule has 1 unspecified atom stereocenters. The van der Waals surface area contributed by atoms with Gasteiger partial charge in [0, 0.05) is 4.47 Å². The number of esters is 1. The molecule has 0 aliphatic heterocycles. The van der Waals surface area contributed by atoms with Crippen LogP contribution in [-0.4, -0.2) is 18.9 Å². The van der Waals surface area contributed by atoms with Crippen molar-refractivity contribution < 1.29 is 18.7 Å². The number of carbonyl (C=O) groups is 1. The molecule has 88 valence electrons. The number of hydrogen-bond acceptors (Lipinski definition) is 3. The molecule has 0 amide bonds. The fourth-order valence-electron chi connectivity index (χ4n) is 1.07. The maximum atomic E-state index is 13.2. The molecule has 3 nitrogen and oxygen atoms in total. The maximum Gasteiger partial charge on any atom is 0.381 e. The molecular weight excluding hydrogens is 279 g/mol. The van der Waals surface area contributed by atoms with Crippen LogP contribution in [0, 0.1) is 6.92 Å². The van der Waals surface area contributed by atoms with Crippen LogP contribution in [0.5, 0.6) is 5.75 Å². The van der Waals surface area contributed by atoms with Crippen molar-refractivity contribution in [3.63, 3.8) is 0 Å². The smallest absolute Gasteiger partial charge is 0.381 e. The van der Waals surface area contributed by atoms with Gasteiger partial charge in [-0.1, -0.05) is 15.9 Å². The molecule has 0 radical (unpaired) electrons. The molecular formula is C11H12BrFO3. The van der Waals surface area contributed by atoms with Gasteiger partial charge in [0.1, 0.15) is 5.75 Å². The number of alkyl halides is 1. The lowest BCUT2D eigenvalue weighted by molar-refractivity contribution is -0.159. The van der Waals surface area contributed by atoms with E-state index in [9.17, 15) is 9.18 Å². The summed E-state index contributed by atoms with van der Waals surface area (Å²) in [5.74, 6) is -0.718. The van der Waals surface area contributed by atoms with Crippen LogP contribution >= 0.6 is 15.9 Å². The van der Waals surface area contributed by atoms with Gasteiger partial charge >= 0.3 is 12.3 Å². The van der Waals surface area contributed by atoms with E-state index in [1.54, 1.807) is 25.1 Å². The van der Waals surface area contributed by atoms with Gasteiger partial charge in [0.25, 0.3) is 0 Å². The summed E-state index contributed by atoms with van der Waals surface area (Å²) in [6, 6.07) is 4.93. The molecule has 16 heavy (non-hydrogen) atoms. The van der Waals surface area contributed by atoms with Crippen molar-refractivity contribution in [2.75, 3.05) is 6.61 Å². The van der Waals surface area contributed by atoms with E-state index in [1.165, 1.54) is 0 Å². The van der Waals surface area contributed by atoms with Crippen LogP contribution in [0.15, 0.2) is 22.7 Å². The Morgan fingerprint density at radius 2 is 2.25 bits per heavy atom. The Morgan fingerprint density at radius 1 is 1.56 bits per heavy atom. The molecule has 1 aromatic carbocycles. The number of ether oxygens (including phenoxy) is 2. The van der Waals surface area contributed by atoms with Crippen molar-refractivity contribution in [3.05, 3.63) is 28.2 Å². The first kappa shape index (κ1) is 13.0. The van der Waals surface area contributed by atoms with Gasteiger partial charge in [-0.2, -0.15) is 4.39 Å². The molecule has 0 aromatic heterocycles. The summed E-state index contributed by atoms with van der Waals surface area (Å²) < 4.78 is 23.4. The van der Waals surface area contributed by atoms with Crippen LogP contribution in [0.1, 0.15) is 12.5 Å². The van der Waals surface area contributed by atoms with Crippen molar-refractivity contribution in [2.24, 2.45) is 0 Å². The summed E-state index contributed by atoms with van der Waals surface area (Å²) in [6.07, 6.45) is -2.08. The second-order valence-corrected chi connectivity index (χ2v) is 3.95. The van der Waals surface area contributed by atoms with Gasteiger partial charge in [-0.15, -0.1) is 0 Å². The van der Waals surface area contributed by atoms with Gasteiger partial charge in [0.05, 0.1) is 6.61 Å². The third-order valence-corrected chi connectivity index (χ3v) is 2.73. The molecule has 0 fully saturated rings. The predicted molar refractivity (Wildman–Crippen MR) is 61.0 cm³/mol. The van der Waals surface area contributed by atoms with E-state index in [0.29, 0.717) is 5.75 Å². The van der Waals surface area contributed by atoms with Gasteiger partial charge in [-0.3, -0.25) is 0 Å². The zero-order valence-electron chi connectivity index (χ0n) is 9.00. The van der Waals surface area contributed by atoms with E-state index in [0.717, 1.165) is 10.0 Å². The summed E-state index contributed by atoms with van der Waals surface area (Å²) in [5.41, 5.74) is 0.897. The van der Waals surface area contributed by atoms with E-state index in [1.807, 2.05) is 6.92 Å². The van der Waals surface area contributed by atoms with Gasteiger partial charge in [-0.05, 0) is 37.6 Å². The molecule has 0 N–H and O–H groups in total. The Labute approximate surface area is 102 Å². The van der Waals surface area contributed by atoms with E-state index in [-0.39, 0.29) is 6.61 Å². The van der Waals surface area contributed by atoms with Crippen molar-refractivity contribution >= 4 is 21.9 Å². The van der Waals surface area contributed by atoms with Crippen LogP contribution in [0.25, 0.3) is 0 Å². The minimum Gasteiger partial charge on any atom is -0.461 e. The zero-order chi connectivity index (χ0) is 12.1. The molecule has 1 atom stereocenters. The van der Waals surface area contributed by atoms with Gasteiger partial charge in [0.2, 0.25) is 0 Å². The van der Waals surface area contributed by atoms with Crippen molar-refractivity contribution in [3.8, 4) is 5.75 Å². The van der Waals surface area contributed by atoms with Crippen LogP contribution < -0.4 is 4.74 Å². The molecule has 0 heterocycles. The first-order chi connectivity index (χ1) is 7.54. The van der Waals surface area contributed by atoms with E-state index in [4.69, 9.17) is 4.74 Å². The average molecular weight is 291 g/mol. The molecule has 1 aromatic rings. The lowest BCUT2D eigenvalue weighted by atomic mass is 10.2. The summed E-state index contributed by atoms with van der Waals surface area (Å²) in [5, 5.41) is 0. The van der Waals surface area contributed by atoms with Gasteiger partial charge in [-0.25, -0.2) is 4.79 Å². The topological polar surface area (TPSA) is 35.5 Å². The van der Waals surface area contributed by atoms with Crippen molar-refractivity contribution in [2.45, 2.75) is 20.2 Å². The van der Waals surface area contributed by atoms with Crippen LogP contribution in [0.2, 0.25) is 0 Å². The van der Waals surface area contributed by atoms with Crippen LogP contribution in [-0.2, 0) is 9.53 Å². The van der Waals surface area contributed by atoms with Crippen LogP contribution in [0.3, 0.4) is 0 Å². The normalized spacial score (nSPS) is 12.0. The van der Waals surface area contributed by atoms with E-state index in [2.05, 4.69) is 20.7 Å². The van der Waals surface area contributed by atoms with E-state index >= 15 is 0 Å².